The molecule has 0 aliphatic rings. The van der Waals surface area contributed by atoms with E-state index in [4.69, 9.17) is 49.5 Å². The molecule has 0 aromatic heterocycles. The average molecular weight is 1920 g/mol. The second kappa shape index (κ2) is 78.9. The molecular weight excluding hydrogens is 1720 g/mol. The Bertz CT molecular complexity index is 3670. The highest BCUT2D eigenvalue weighted by Gasteiger charge is 2.37. The SMILES string of the molecule is CC(C)CCCCCCCCCCOc1cc(C(=O)NCCCCC(NC(=O)c2cc(OCCCCCCCCCCC(C)C)c(OCCCCCCCCCCC(C)C)c(OCCCCCCCCCCC(C)C)c2)C(=O)NCCOCCOc2ccccc2C(O)(c2ccccc2)c2ccc(Cl)cc2)cc(OCCCCCCCCCCC(C)C)c1OCCCCCCCCCCC(C)C. The average Bonchev–Trinajstić information content (AvgIpc) is 0.756. The fourth-order valence-electron chi connectivity index (χ4n) is 18.2. The molecule has 0 saturated heterocycles. The molecular formula is C121H200ClN3O12. The Balaban J connectivity index is 1.43. The zero-order chi connectivity index (χ0) is 98.7. The first-order valence-electron chi connectivity index (χ1n) is 56.5. The normalized spacial score (nSPS) is 12.4. The first-order chi connectivity index (χ1) is 66.7. The number of amides is 3. The summed E-state index contributed by atoms with van der Waals surface area (Å²) in [5.41, 5.74) is 1.05. The number of unbranched alkanes of at least 4 members (excludes halogenated alkanes) is 43. The van der Waals surface area contributed by atoms with Crippen molar-refractivity contribution in [2.45, 2.75) is 461 Å². The van der Waals surface area contributed by atoms with E-state index in [1.807, 2.05) is 78.9 Å². The highest BCUT2D eigenvalue weighted by Crippen LogP contribution is 2.44. The third-order valence-electron chi connectivity index (χ3n) is 26.7. The van der Waals surface area contributed by atoms with E-state index in [2.05, 4.69) is 99.0 Å². The number of aliphatic hydroxyl groups is 1. The van der Waals surface area contributed by atoms with Gasteiger partial charge in [-0.2, -0.15) is 0 Å². The first-order valence-corrected chi connectivity index (χ1v) is 56.9. The van der Waals surface area contributed by atoms with Crippen LogP contribution in [0.25, 0.3) is 0 Å². The smallest absolute Gasteiger partial charge is 0.252 e. The van der Waals surface area contributed by atoms with Crippen LogP contribution in [0.4, 0.5) is 0 Å². The summed E-state index contributed by atoms with van der Waals surface area (Å²) in [5, 5.41) is 22.9. The van der Waals surface area contributed by atoms with E-state index in [1.54, 1.807) is 24.3 Å². The first kappa shape index (κ1) is 121. The zero-order valence-corrected chi connectivity index (χ0v) is 90.0. The van der Waals surface area contributed by atoms with Crippen molar-refractivity contribution in [1.29, 1.82) is 0 Å². The van der Waals surface area contributed by atoms with Crippen molar-refractivity contribution >= 4 is 29.3 Å². The number of para-hydroxylation sites is 1. The van der Waals surface area contributed by atoms with Crippen LogP contribution in [0.5, 0.6) is 40.2 Å². The van der Waals surface area contributed by atoms with E-state index >= 15 is 4.79 Å². The molecule has 0 radical (unpaired) electrons. The van der Waals surface area contributed by atoms with Gasteiger partial charge >= 0.3 is 0 Å². The van der Waals surface area contributed by atoms with Gasteiger partial charge < -0.3 is 59.0 Å². The molecule has 16 heteroatoms. The minimum absolute atomic E-state index is 0.150. The lowest BCUT2D eigenvalue weighted by Gasteiger charge is -2.31. The lowest BCUT2D eigenvalue weighted by molar-refractivity contribution is -0.123. The Morgan fingerprint density at radius 1 is 0.277 bits per heavy atom. The summed E-state index contributed by atoms with van der Waals surface area (Å²) < 4.78 is 53.3. The van der Waals surface area contributed by atoms with Crippen LogP contribution in [0, 0.1) is 35.5 Å². The third-order valence-corrected chi connectivity index (χ3v) is 27.0. The summed E-state index contributed by atoms with van der Waals surface area (Å²) in [4.78, 5) is 45.1. The van der Waals surface area contributed by atoms with Crippen molar-refractivity contribution in [1.82, 2.24) is 16.0 Å². The van der Waals surface area contributed by atoms with Crippen LogP contribution in [0.1, 0.15) is 486 Å². The molecule has 0 bridgehead atoms. The van der Waals surface area contributed by atoms with Crippen LogP contribution >= 0.6 is 11.6 Å². The van der Waals surface area contributed by atoms with Gasteiger partial charge in [-0.1, -0.05) is 464 Å². The van der Waals surface area contributed by atoms with Gasteiger partial charge in [0, 0.05) is 34.8 Å². The van der Waals surface area contributed by atoms with Gasteiger partial charge in [0.2, 0.25) is 17.4 Å². The van der Waals surface area contributed by atoms with E-state index in [-0.39, 0.29) is 44.6 Å². The number of halogens is 1. The molecule has 0 spiro atoms. The van der Waals surface area contributed by atoms with Crippen molar-refractivity contribution in [3.05, 3.63) is 136 Å². The Kier molecular flexibility index (Phi) is 69.5. The zero-order valence-electron chi connectivity index (χ0n) is 89.3. The molecule has 15 nitrogen and oxygen atoms in total. The fourth-order valence-corrected chi connectivity index (χ4v) is 18.3. The number of rotatable bonds is 91. The van der Waals surface area contributed by atoms with Crippen molar-refractivity contribution in [2.75, 3.05) is 72.6 Å². The summed E-state index contributed by atoms with van der Waals surface area (Å²) in [7, 11) is 0. The summed E-state index contributed by atoms with van der Waals surface area (Å²) in [6, 6.07) is 30.5. The highest BCUT2D eigenvalue weighted by atomic mass is 35.5. The maximum Gasteiger partial charge on any atom is 0.252 e. The number of ether oxygens (including phenoxy) is 8. The topological polar surface area (TPSA) is 181 Å². The van der Waals surface area contributed by atoms with Crippen molar-refractivity contribution in [3.8, 4) is 40.2 Å². The van der Waals surface area contributed by atoms with Gasteiger partial charge in [0.25, 0.3) is 11.8 Å². The summed E-state index contributed by atoms with van der Waals surface area (Å²) in [5.74, 6) is 7.08. The lowest BCUT2D eigenvalue weighted by Crippen LogP contribution is -2.47. The van der Waals surface area contributed by atoms with Gasteiger partial charge in [0.15, 0.2) is 23.0 Å². The Morgan fingerprint density at radius 2 is 0.562 bits per heavy atom. The van der Waals surface area contributed by atoms with Crippen LogP contribution in [0.3, 0.4) is 0 Å². The van der Waals surface area contributed by atoms with Gasteiger partial charge in [-0.3, -0.25) is 14.4 Å². The van der Waals surface area contributed by atoms with Crippen LogP contribution in [-0.4, -0.2) is 101 Å². The summed E-state index contributed by atoms with van der Waals surface area (Å²) >= 11 is 6.38. The number of benzene rings is 5. The minimum Gasteiger partial charge on any atom is -0.491 e. The van der Waals surface area contributed by atoms with E-state index in [0.29, 0.717) is 132 Å². The van der Waals surface area contributed by atoms with Crippen LogP contribution < -0.4 is 49.1 Å². The molecule has 4 N–H and O–H groups in total. The molecule has 5 aromatic carbocycles. The molecule has 778 valence electrons. The second-order valence-electron chi connectivity index (χ2n) is 42.4. The molecule has 3 amide bonds. The van der Waals surface area contributed by atoms with Crippen molar-refractivity contribution in [2.24, 2.45) is 35.5 Å². The molecule has 5 rings (SSSR count). The molecule has 137 heavy (non-hydrogen) atoms. The minimum atomic E-state index is -1.57. The standard InChI is InChI=1S/C121H200ClN3O12/c1-98(2)68-50-37-25-13-19-31-43-62-85-131-112-94-104(95-113(132-86-63-44-32-20-14-26-38-51-69-99(3)4)116(112)136-89-66-47-35-23-17-29-41-54-72-102(9)10)118(126)123-83-61-60-77-110(120(128)124-84-91-130-92-93-135-111-78-59-58-76-109(111)121(129,106-74-56-49-57-75-106)107-79-81-108(122)82-80-107)125-119(127)105-96-114(133-87-64-45-33-21-15-27-39-52-70-100(5)6)117(137-90-67-48-36-24-18-30-42-55-73-103(11)12)115(97-105)134-88-65-46-34-22-16-28-40-53-71-101(7)8/h49,56-59,74-76,78-82,94-103,110,129H,13-48,50-55,60-73,77,83-93H2,1-12H3,(H,123,126)(H,124,128)(H,125,127). The van der Waals surface area contributed by atoms with E-state index in [1.165, 1.54) is 238 Å². The Hall–Kier alpha value is -6.68. The summed E-state index contributed by atoms with van der Waals surface area (Å²) in [6.07, 6.45) is 65.9. The number of carbonyl (C=O) groups excluding carboxylic acids is 3. The van der Waals surface area contributed by atoms with E-state index in [9.17, 15) is 14.7 Å². The fraction of sp³-hybridized carbons (Fsp3) is 0.727. The molecule has 0 saturated carbocycles. The predicted octanol–water partition coefficient (Wildman–Crippen LogP) is 33.8. The third kappa shape index (κ3) is 57.9. The lowest BCUT2D eigenvalue weighted by atomic mass is 9.80. The van der Waals surface area contributed by atoms with Crippen molar-refractivity contribution < 1.29 is 57.4 Å². The number of nitrogens with one attached hydrogen (secondary N) is 3. The molecule has 2 unspecified atom stereocenters. The Labute approximate surface area is 842 Å². The van der Waals surface area contributed by atoms with Crippen LogP contribution in [0.15, 0.2) is 103 Å². The van der Waals surface area contributed by atoms with Gasteiger partial charge in [0.1, 0.15) is 24.0 Å². The van der Waals surface area contributed by atoms with Gasteiger partial charge in [-0.25, -0.2) is 0 Å². The van der Waals surface area contributed by atoms with Gasteiger partial charge in [-0.05, 0) is 147 Å². The van der Waals surface area contributed by atoms with E-state index < -0.39 is 17.6 Å². The molecule has 0 fully saturated rings. The summed E-state index contributed by atoms with van der Waals surface area (Å²) in [6.45, 7) is 31.6. The van der Waals surface area contributed by atoms with Gasteiger partial charge in [-0.15, -0.1) is 0 Å². The monoisotopic (exact) mass is 1920 g/mol. The van der Waals surface area contributed by atoms with Gasteiger partial charge in [0.05, 0.1) is 52.9 Å². The van der Waals surface area contributed by atoms with Crippen molar-refractivity contribution in [3.63, 3.8) is 0 Å². The van der Waals surface area contributed by atoms with E-state index in [0.717, 1.165) is 145 Å². The molecule has 0 aliphatic heterocycles. The molecule has 0 aliphatic carbocycles. The molecule has 2 atom stereocenters. The maximum absolute atomic E-state index is 15.4. The second-order valence-corrected chi connectivity index (χ2v) is 42.8. The molecule has 0 heterocycles. The number of carbonyl (C=O) groups is 3. The quantitative estimate of drug-likeness (QED) is 0.0214. The highest BCUT2D eigenvalue weighted by molar-refractivity contribution is 6.30. The Morgan fingerprint density at radius 3 is 0.905 bits per heavy atom. The van der Waals surface area contributed by atoms with Crippen LogP contribution in [-0.2, 0) is 15.1 Å². The maximum atomic E-state index is 15.4. The number of hydrogen-bond acceptors (Lipinski definition) is 12. The van der Waals surface area contributed by atoms with Crippen LogP contribution in [0.2, 0.25) is 5.02 Å². The predicted molar refractivity (Wildman–Crippen MR) is 577 cm³/mol. The molecule has 5 aromatic rings. The number of hydrogen-bond donors (Lipinski definition) is 4. The largest absolute Gasteiger partial charge is 0.491 e.